The Morgan fingerprint density at radius 3 is 2.10 bits per heavy atom. The molecule has 1 aromatic heterocycles. The number of carbonyl (C=O) groups is 1. The summed E-state index contributed by atoms with van der Waals surface area (Å²) in [5.41, 5.74) is 3.40. The van der Waals surface area contributed by atoms with Crippen LogP contribution >= 0.6 is 11.3 Å². The number of hydrogen-bond acceptors (Lipinski definition) is 3. The lowest BCUT2D eigenvalue weighted by Gasteiger charge is -2.22. The van der Waals surface area contributed by atoms with Crippen LogP contribution in [0.25, 0.3) is 0 Å². The van der Waals surface area contributed by atoms with Crippen molar-refractivity contribution in [3.63, 3.8) is 0 Å². The van der Waals surface area contributed by atoms with E-state index < -0.39 is 0 Å². The second kappa shape index (κ2) is 18.6. The molecule has 0 aliphatic rings. The molecule has 5 heteroatoms. The van der Waals surface area contributed by atoms with Crippen LogP contribution in [0.5, 0.6) is 5.75 Å². The van der Waals surface area contributed by atoms with E-state index in [1.54, 1.807) is 18.3 Å². The van der Waals surface area contributed by atoms with E-state index in [-0.39, 0.29) is 5.91 Å². The Bertz CT molecular complexity index is 1110. The van der Waals surface area contributed by atoms with Crippen molar-refractivity contribution in [2.45, 2.75) is 104 Å². The predicted molar refractivity (Wildman–Crippen MR) is 169 cm³/mol. The normalized spacial score (nSPS) is 11.1. The summed E-state index contributed by atoms with van der Waals surface area (Å²) in [5.74, 6) is 1.01. The van der Waals surface area contributed by atoms with Crippen molar-refractivity contribution in [2.75, 3.05) is 18.1 Å². The summed E-state index contributed by atoms with van der Waals surface area (Å²) in [4.78, 5) is 14.4. The summed E-state index contributed by atoms with van der Waals surface area (Å²) in [5, 5.41) is 3.41. The van der Waals surface area contributed by atoms with E-state index in [1.807, 2.05) is 11.0 Å². The number of thiazole rings is 1. The van der Waals surface area contributed by atoms with Gasteiger partial charge in [0, 0.05) is 19.2 Å². The molecule has 4 nitrogen and oxygen atoms in total. The molecule has 218 valence electrons. The van der Waals surface area contributed by atoms with Crippen molar-refractivity contribution in [3.05, 3.63) is 76.2 Å². The minimum atomic E-state index is 0.0705. The monoisotopic (exact) mass is 563 g/mol. The second-order valence-electron chi connectivity index (χ2n) is 11.1. The first-order chi connectivity index (χ1) is 19.6. The number of amides is 1. The van der Waals surface area contributed by atoms with Crippen LogP contribution in [0, 0.1) is 0 Å². The van der Waals surface area contributed by atoms with E-state index >= 15 is 0 Å². The molecule has 3 rings (SSSR count). The summed E-state index contributed by atoms with van der Waals surface area (Å²) in [6.45, 7) is 5.38. The quantitative estimate of drug-likeness (QED) is 0.102. The molecule has 0 bridgehead atoms. The van der Waals surface area contributed by atoms with Gasteiger partial charge in [-0.15, -0.1) is 0 Å². The van der Waals surface area contributed by atoms with Crippen LogP contribution in [0.2, 0.25) is 0 Å². The van der Waals surface area contributed by atoms with Gasteiger partial charge in [-0.1, -0.05) is 113 Å². The summed E-state index contributed by atoms with van der Waals surface area (Å²) in [7, 11) is 2.08. The van der Waals surface area contributed by atoms with Gasteiger partial charge in [0.1, 0.15) is 12.8 Å². The lowest BCUT2D eigenvalue weighted by Crippen LogP contribution is -2.31. The van der Waals surface area contributed by atoms with Crippen LogP contribution < -0.4 is 14.2 Å². The maximum atomic E-state index is 12.5. The molecule has 3 aromatic rings. The number of unbranched alkanes of at least 4 members (excludes halogenated alkanes) is 11. The number of ether oxygens (including phenoxy) is 1. The van der Waals surface area contributed by atoms with Gasteiger partial charge in [0.25, 0.3) is 0 Å². The van der Waals surface area contributed by atoms with Crippen molar-refractivity contribution in [1.29, 1.82) is 0 Å². The molecule has 0 aliphatic carbocycles. The number of aryl methyl sites for hydroxylation is 1. The van der Waals surface area contributed by atoms with Crippen LogP contribution in [0.15, 0.2) is 60.1 Å². The molecule has 1 amide bonds. The zero-order valence-corrected chi connectivity index (χ0v) is 26.0. The number of carbonyl (C=O) groups excluding carboxylic acids is 1. The number of anilines is 1. The third-order valence-electron chi connectivity index (χ3n) is 7.65. The molecule has 40 heavy (non-hydrogen) atoms. The van der Waals surface area contributed by atoms with Crippen LogP contribution in [0.3, 0.4) is 0 Å². The van der Waals surface area contributed by atoms with Crippen LogP contribution in [-0.2, 0) is 24.7 Å². The minimum absolute atomic E-state index is 0.0705. The molecule has 0 fully saturated rings. The van der Waals surface area contributed by atoms with Crippen molar-refractivity contribution >= 4 is 22.9 Å². The van der Waals surface area contributed by atoms with Gasteiger partial charge in [-0.25, -0.2) is 0 Å². The van der Waals surface area contributed by atoms with E-state index in [0.717, 1.165) is 37.3 Å². The molecular formula is C35H51N2O2S+. The van der Waals surface area contributed by atoms with Gasteiger partial charge in [0.15, 0.2) is 6.20 Å². The molecule has 0 N–H and O–H groups in total. The van der Waals surface area contributed by atoms with E-state index in [4.69, 9.17) is 4.74 Å². The third kappa shape index (κ3) is 11.8. The lowest BCUT2D eigenvalue weighted by atomic mass is 10.1. The molecule has 0 aliphatic heterocycles. The molecule has 0 spiro atoms. The smallest absolute Gasteiger partial charge is 0.241 e. The van der Waals surface area contributed by atoms with E-state index in [2.05, 4.69) is 72.6 Å². The number of benzene rings is 2. The van der Waals surface area contributed by atoms with Crippen LogP contribution in [0.4, 0.5) is 5.69 Å². The summed E-state index contributed by atoms with van der Waals surface area (Å²) in [6.07, 6.45) is 20.0. The molecule has 0 unspecified atom stereocenters. The summed E-state index contributed by atoms with van der Waals surface area (Å²) in [6, 6.07) is 16.8. The Morgan fingerprint density at radius 1 is 0.850 bits per heavy atom. The summed E-state index contributed by atoms with van der Waals surface area (Å²) < 4.78 is 8.14. The molecule has 0 radical (unpaired) electrons. The van der Waals surface area contributed by atoms with Crippen molar-refractivity contribution < 1.29 is 14.1 Å². The van der Waals surface area contributed by atoms with Crippen molar-refractivity contribution in [3.8, 4) is 5.75 Å². The van der Waals surface area contributed by atoms with Gasteiger partial charge in [0.05, 0.1) is 18.4 Å². The van der Waals surface area contributed by atoms with Crippen LogP contribution in [0.1, 0.15) is 107 Å². The highest BCUT2D eigenvalue weighted by atomic mass is 32.1. The SMILES string of the molecule is CCCCCCCCCCCCCCOc1ccc(CCN(C(C)=O)c2cccc(Cc3scc[n+]3C)c2)cc1. The van der Waals surface area contributed by atoms with Crippen molar-refractivity contribution in [1.82, 2.24) is 0 Å². The van der Waals surface area contributed by atoms with Gasteiger partial charge in [0.2, 0.25) is 10.9 Å². The topological polar surface area (TPSA) is 33.4 Å². The average molecular weight is 564 g/mol. The summed E-state index contributed by atoms with van der Waals surface area (Å²) >= 11 is 1.76. The van der Waals surface area contributed by atoms with E-state index in [1.165, 1.54) is 86.8 Å². The first-order valence-corrected chi connectivity index (χ1v) is 16.5. The molecule has 0 saturated carbocycles. The van der Waals surface area contributed by atoms with E-state index in [0.29, 0.717) is 6.54 Å². The van der Waals surface area contributed by atoms with Gasteiger partial charge in [-0.2, -0.15) is 4.57 Å². The molecule has 1 heterocycles. The fourth-order valence-electron chi connectivity index (χ4n) is 5.14. The molecule has 0 atom stereocenters. The Labute approximate surface area is 247 Å². The van der Waals surface area contributed by atoms with Gasteiger partial charge in [-0.05, 0) is 48.2 Å². The van der Waals surface area contributed by atoms with Gasteiger partial charge < -0.3 is 9.64 Å². The first kappa shape index (κ1) is 31.9. The standard InChI is InChI=1S/C35H51N2O2S/c1-4-5-6-7-8-9-10-11-12-13-14-15-26-39-34-21-19-31(20-22-34)23-24-37(30(2)38)33-18-16-17-32(28-33)29-35-36(3)25-27-40-35/h16-22,25,27-28H,4-15,23-24,26,29H2,1-3H3/q+1. The Kier molecular flexibility index (Phi) is 14.9. The fourth-order valence-corrected chi connectivity index (χ4v) is 6.01. The van der Waals surface area contributed by atoms with Gasteiger partial charge >= 0.3 is 0 Å². The highest BCUT2D eigenvalue weighted by Crippen LogP contribution is 2.21. The minimum Gasteiger partial charge on any atom is -0.494 e. The Morgan fingerprint density at radius 2 is 1.50 bits per heavy atom. The van der Waals surface area contributed by atoms with E-state index in [9.17, 15) is 4.79 Å². The van der Waals surface area contributed by atoms with Crippen molar-refractivity contribution in [2.24, 2.45) is 7.05 Å². The number of hydrogen-bond donors (Lipinski definition) is 0. The molecular weight excluding hydrogens is 512 g/mol. The highest BCUT2D eigenvalue weighted by Gasteiger charge is 2.14. The second-order valence-corrected chi connectivity index (χ2v) is 12.0. The highest BCUT2D eigenvalue weighted by molar-refractivity contribution is 7.09. The maximum Gasteiger partial charge on any atom is 0.241 e. The zero-order valence-electron chi connectivity index (χ0n) is 25.2. The average Bonchev–Trinajstić information content (AvgIpc) is 3.36. The number of rotatable bonds is 20. The lowest BCUT2D eigenvalue weighted by molar-refractivity contribution is -0.673. The largest absolute Gasteiger partial charge is 0.494 e. The maximum absolute atomic E-state index is 12.5. The zero-order chi connectivity index (χ0) is 28.4. The number of nitrogens with zero attached hydrogens (tertiary/aromatic N) is 2. The molecule has 0 saturated heterocycles. The number of aromatic nitrogens is 1. The van der Waals surface area contributed by atoms with Gasteiger partial charge in [-0.3, -0.25) is 4.79 Å². The predicted octanol–water partition coefficient (Wildman–Crippen LogP) is 8.84. The molecule has 2 aromatic carbocycles. The third-order valence-corrected chi connectivity index (χ3v) is 8.62. The Hall–Kier alpha value is -2.66. The fraction of sp³-hybridized carbons (Fsp3) is 0.543. The van der Waals surface area contributed by atoms with Crippen LogP contribution in [-0.4, -0.2) is 19.1 Å². The Balaban J connectivity index is 1.32. The first-order valence-electron chi connectivity index (χ1n) is 15.6.